The molecular weight excluding hydrogens is 368 g/mol. The number of aliphatic hydroxyl groups excluding tert-OH is 1. The summed E-state index contributed by atoms with van der Waals surface area (Å²) in [6.07, 6.45) is 6.01. The molecule has 4 aliphatic carbocycles. The van der Waals surface area contributed by atoms with Crippen molar-refractivity contribution in [3.8, 4) is 0 Å². The van der Waals surface area contributed by atoms with Crippen LogP contribution in [0.1, 0.15) is 46.5 Å². The number of carbonyl (C=O) groups is 2. The van der Waals surface area contributed by atoms with Crippen molar-refractivity contribution in [2.24, 2.45) is 28.6 Å². The van der Waals surface area contributed by atoms with Crippen molar-refractivity contribution in [3.63, 3.8) is 0 Å². The molecule has 6 heteroatoms. The number of aliphatic hydroxyl groups is 2. The monoisotopic (exact) mass is 394 g/mol. The van der Waals surface area contributed by atoms with Gasteiger partial charge < -0.3 is 15.3 Å². The Morgan fingerprint density at radius 3 is 2.59 bits per heavy atom. The van der Waals surface area contributed by atoms with Crippen LogP contribution in [0.4, 0.5) is 0 Å². The number of hydrogen-bond acceptors (Lipinski definition) is 4. The molecule has 5 nitrogen and oxygen atoms in total. The number of allylic oxidation sites excluding steroid dienone is 4. The smallest absolute Gasteiger partial charge is 0.336 e. The van der Waals surface area contributed by atoms with Gasteiger partial charge in [-0.1, -0.05) is 32.4 Å². The van der Waals surface area contributed by atoms with Crippen molar-refractivity contribution in [3.05, 3.63) is 23.8 Å². The van der Waals surface area contributed by atoms with Gasteiger partial charge in [0.25, 0.3) is 0 Å². The first-order valence-corrected chi connectivity index (χ1v) is 10.1. The van der Waals surface area contributed by atoms with Crippen molar-refractivity contribution in [2.45, 2.75) is 63.0 Å². The Bertz CT molecular complexity index is 789. The van der Waals surface area contributed by atoms with E-state index in [9.17, 15) is 24.9 Å². The molecule has 27 heavy (non-hydrogen) atoms. The summed E-state index contributed by atoms with van der Waals surface area (Å²) in [6, 6.07) is 0. The van der Waals surface area contributed by atoms with Gasteiger partial charge in [-0.15, -0.1) is 11.6 Å². The predicted molar refractivity (Wildman–Crippen MR) is 100 cm³/mol. The van der Waals surface area contributed by atoms with Crippen LogP contribution in [-0.2, 0) is 9.59 Å². The number of carboxylic acids is 1. The van der Waals surface area contributed by atoms with Gasteiger partial charge in [0, 0.05) is 10.8 Å². The summed E-state index contributed by atoms with van der Waals surface area (Å²) in [6.45, 7) is 5.53. The second-order valence-corrected chi connectivity index (χ2v) is 10.1. The minimum absolute atomic E-state index is 0.0638. The molecule has 0 bridgehead atoms. The van der Waals surface area contributed by atoms with Crippen molar-refractivity contribution >= 4 is 23.4 Å². The number of hydrogen-bond donors (Lipinski definition) is 3. The maximum absolute atomic E-state index is 12.0. The van der Waals surface area contributed by atoms with Crippen LogP contribution in [0.15, 0.2) is 23.8 Å². The fourth-order valence-electron chi connectivity index (χ4n) is 7.00. The average molecular weight is 395 g/mol. The van der Waals surface area contributed by atoms with Crippen LogP contribution in [0.5, 0.6) is 0 Å². The second-order valence-electron chi connectivity index (χ2n) is 9.47. The van der Waals surface area contributed by atoms with Gasteiger partial charge in [0.1, 0.15) is 0 Å². The molecule has 0 aliphatic heterocycles. The summed E-state index contributed by atoms with van der Waals surface area (Å²) in [7, 11) is 0. The molecule has 3 N–H and O–H groups in total. The molecule has 0 heterocycles. The minimum Gasteiger partial charge on any atom is -0.479 e. The zero-order chi connectivity index (χ0) is 20.0. The van der Waals surface area contributed by atoms with Crippen LogP contribution in [0.25, 0.3) is 0 Å². The topological polar surface area (TPSA) is 94.8 Å². The third kappa shape index (κ3) is 1.98. The van der Waals surface area contributed by atoms with E-state index < -0.39 is 39.3 Å². The van der Waals surface area contributed by atoms with Crippen LogP contribution in [0.3, 0.4) is 0 Å². The first kappa shape index (κ1) is 19.2. The van der Waals surface area contributed by atoms with Gasteiger partial charge in [-0.25, -0.2) is 4.79 Å². The third-order valence-electron chi connectivity index (χ3n) is 8.55. The zero-order valence-corrected chi connectivity index (χ0v) is 16.7. The van der Waals surface area contributed by atoms with Crippen LogP contribution in [0.2, 0.25) is 0 Å². The Morgan fingerprint density at radius 1 is 1.30 bits per heavy atom. The molecular formula is C21H27ClO5. The molecule has 0 spiro atoms. The van der Waals surface area contributed by atoms with Gasteiger partial charge in [0.05, 0.1) is 11.0 Å². The number of carbonyl (C=O) groups excluding carboxylic acids is 1. The van der Waals surface area contributed by atoms with E-state index >= 15 is 0 Å². The lowest BCUT2D eigenvalue weighted by molar-refractivity contribution is -0.194. The summed E-state index contributed by atoms with van der Waals surface area (Å²) < 4.78 is 0. The van der Waals surface area contributed by atoms with Crippen molar-refractivity contribution in [1.29, 1.82) is 0 Å². The number of carboxylic acid groups (broad SMARTS) is 1. The van der Waals surface area contributed by atoms with Crippen molar-refractivity contribution in [1.82, 2.24) is 0 Å². The number of alkyl halides is 1. The normalized spacial score (nSPS) is 54.0. The number of ketones is 1. The molecule has 3 fully saturated rings. The van der Waals surface area contributed by atoms with E-state index in [1.807, 2.05) is 13.0 Å². The minimum atomic E-state index is -1.88. The molecule has 0 unspecified atom stereocenters. The van der Waals surface area contributed by atoms with Gasteiger partial charge in [-0.2, -0.15) is 0 Å². The quantitative estimate of drug-likeness (QED) is 0.594. The van der Waals surface area contributed by atoms with Crippen LogP contribution in [-0.4, -0.2) is 43.7 Å². The summed E-state index contributed by atoms with van der Waals surface area (Å²) in [4.78, 5) is 22.9. The number of fused-ring (bicyclic) bond motifs is 5. The second kappa shape index (κ2) is 5.46. The van der Waals surface area contributed by atoms with E-state index in [-0.39, 0.29) is 24.0 Å². The molecule has 0 aromatic rings. The Morgan fingerprint density at radius 2 is 1.96 bits per heavy atom. The molecule has 0 saturated heterocycles. The van der Waals surface area contributed by atoms with E-state index in [4.69, 9.17) is 11.6 Å². The third-order valence-corrected chi connectivity index (χ3v) is 9.47. The predicted octanol–water partition coefficient (Wildman–Crippen LogP) is 2.69. The molecule has 0 amide bonds. The van der Waals surface area contributed by atoms with Crippen molar-refractivity contribution < 1.29 is 24.9 Å². The lowest BCUT2D eigenvalue weighted by Crippen LogP contribution is -2.68. The van der Waals surface area contributed by atoms with Gasteiger partial charge in [-0.3, -0.25) is 4.79 Å². The highest BCUT2D eigenvalue weighted by molar-refractivity contribution is 6.26. The van der Waals surface area contributed by atoms with Gasteiger partial charge in [0.15, 0.2) is 11.4 Å². The van der Waals surface area contributed by atoms with E-state index in [1.54, 1.807) is 19.9 Å². The van der Waals surface area contributed by atoms with Crippen LogP contribution < -0.4 is 0 Å². The number of aliphatic carboxylic acids is 1. The first-order valence-electron chi connectivity index (χ1n) is 9.70. The number of rotatable bonds is 1. The summed E-state index contributed by atoms with van der Waals surface area (Å²) in [5, 5.41) is 32.3. The largest absolute Gasteiger partial charge is 0.479 e. The zero-order valence-electron chi connectivity index (χ0n) is 15.9. The Labute approximate surface area is 164 Å². The maximum Gasteiger partial charge on any atom is 0.336 e. The standard InChI is InChI=1S/C21H27ClO5/c1-11-8-15-14-5-4-12-9-13(23)6-7-18(12,2)20(14,22)16(24)10-19(15,3)21(11,27)17(25)26/h6-7,9,11,14-16,24,27H,4-5,8,10H2,1-3H3,(H,25,26)/t11-,14+,15+,16+,18+,19+,20+,21+/m1/s1. The van der Waals surface area contributed by atoms with Crippen LogP contribution in [0, 0.1) is 28.6 Å². The van der Waals surface area contributed by atoms with E-state index in [0.717, 1.165) is 5.57 Å². The molecule has 0 aromatic heterocycles. The maximum atomic E-state index is 12.0. The van der Waals surface area contributed by atoms with E-state index in [1.165, 1.54) is 6.08 Å². The highest BCUT2D eigenvalue weighted by Gasteiger charge is 2.75. The molecule has 8 atom stereocenters. The summed E-state index contributed by atoms with van der Waals surface area (Å²) in [5.74, 6) is -1.97. The summed E-state index contributed by atoms with van der Waals surface area (Å²) >= 11 is 7.26. The highest BCUT2D eigenvalue weighted by atomic mass is 35.5. The van der Waals surface area contributed by atoms with Crippen LogP contribution >= 0.6 is 11.6 Å². The lowest BCUT2D eigenvalue weighted by atomic mass is 9.46. The Hall–Kier alpha value is -1.17. The fourth-order valence-corrected chi connectivity index (χ4v) is 7.52. The molecule has 0 radical (unpaired) electrons. The van der Waals surface area contributed by atoms with Gasteiger partial charge in [-0.05, 0) is 55.6 Å². The molecule has 3 saturated carbocycles. The first-order chi connectivity index (χ1) is 12.4. The lowest BCUT2D eigenvalue weighted by Gasteiger charge is -2.63. The SMILES string of the molecule is C[C@@H]1C[C@H]2[C@@H]3CCC4=CC(=O)C=C[C@]4(C)[C@@]3(Cl)[C@@H](O)C[C@]2(C)[C@@]1(O)C(=O)O. The molecule has 0 aromatic carbocycles. The number of halogens is 1. The van der Waals surface area contributed by atoms with E-state index in [0.29, 0.717) is 19.3 Å². The molecule has 4 rings (SSSR count). The average Bonchev–Trinajstić information content (AvgIpc) is 2.79. The highest BCUT2D eigenvalue weighted by Crippen LogP contribution is 2.71. The molecule has 4 aliphatic rings. The summed E-state index contributed by atoms with van der Waals surface area (Å²) in [5.41, 5.74) is -2.57. The Kier molecular flexibility index (Phi) is 3.87. The van der Waals surface area contributed by atoms with E-state index in [2.05, 4.69) is 0 Å². The van der Waals surface area contributed by atoms with Gasteiger partial charge >= 0.3 is 5.97 Å². The van der Waals surface area contributed by atoms with Crippen molar-refractivity contribution in [2.75, 3.05) is 0 Å². The fraction of sp³-hybridized carbons (Fsp3) is 0.714. The molecule has 148 valence electrons. The van der Waals surface area contributed by atoms with Gasteiger partial charge in [0.2, 0.25) is 0 Å². The Balaban J connectivity index is 1.85.